The summed E-state index contributed by atoms with van der Waals surface area (Å²) in [5, 5.41) is 3.53. The summed E-state index contributed by atoms with van der Waals surface area (Å²) >= 11 is 0. The van der Waals surface area contributed by atoms with Crippen LogP contribution >= 0.6 is 0 Å². The largest absolute Gasteiger partial charge is 0.313 e. The van der Waals surface area contributed by atoms with E-state index >= 15 is 0 Å². The van der Waals surface area contributed by atoms with Gasteiger partial charge in [0.1, 0.15) is 0 Å². The molecule has 0 aliphatic rings. The number of hydrogen-bond donors (Lipinski definition) is 1. The third-order valence-corrected chi connectivity index (χ3v) is 4.14. The molecule has 0 saturated carbocycles. The zero-order valence-electron chi connectivity index (χ0n) is 15.0. The molecule has 0 aliphatic carbocycles. The molecule has 2 heteroatoms. The summed E-state index contributed by atoms with van der Waals surface area (Å²) in [5.41, 5.74) is 1.55. The molecule has 1 N–H and O–H groups in total. The highest BCUT2D eigenvalue weighted by Gasteiger charge is 2.32. The monoisotopic (exact) mass is 290 g/mol. The summed E-state index contributed by atoms with van der Waals surface area (Å²) in [7, 11) is 2.07. The summed E-state index contributed by atoms with van der Waals surface area (Å²) in [4.78, 5) is 2.61. The molecule has 0 saturated heterocycles. The molecule has 21 heavy (non-hydrogen) atoms. The lowest BCUT2D eigenvalue weighted by atomic mass is 9.79. The van der Waals surface area contributed by atoms with Gasteiger partial charge in [0, 0.05) is 25.2 Å². The molecule has 0 amide bonds. The Balaban J connectivity index is 2.90. The van der Waals surface area contributed by atoms with Crippen LogP contribution in [0.15, 0.2) is 30.3 Å². The first-order valence-electron chi connectivity index (χ1n) is 8.24. The Morgan fingerprint density at radius 2 is 1.62 bits per heavy atom. The maximum absolute atomic E-state index is 3.53. The third-order valence-electron chi connectivity index (χ3n) is 4.14. The Bertz CT molecular complexity index is 395. The molecule has 0 fully saturated rings. The second-order valence-electron chi connectivity index (χ2n) is 7.54. The van der Waals surface area contributed by atoms with Crippen LogP contribution in [-0.2, 0) is 0 Å². The van der Waals surface area contributed by atoms with Crippen molar-refractivity contribution >= 4 is 0 Å². The van der Waals surface area contributed by atoms with Gasteiger partial charge in [-0.15, -0.1) is 0 Å². The van der Waals surface area contributed by atoms with Gasteiger partial charge in [-0.1, -0.05) is 58.0 Å². The lowest BCUT2D eigenvalue weighted by Gasteiger charge is -2.41. The Kier molecular flexibility index (Phi) is 6.89. The fourth-order valence-corrected chi connectivity index (χ4v) is 3.20. The van der Waals surface area contributed by atoms with Crippen LogP contribution in [0.25, 0.3) is 0 Å². The topological polar surface area (TPSA) is 15.3 Å². The van der Waals surface area contributed by atoms with Gasteiger partial charge >= 0.3 is 0 Å². The summed E-state index contributed by atoms with van der Waals surface area (Å²) in [6, 6.07) is 11.7. The average molecular weight is 290 g/mol. The molecule has 1 aromatic rings. The van der Waals surface area contributed by atoms with Crippen molar-refractivity contribution in [2.75, 3.05) is 20.1 Å². The molecule has 2 nitrogen and oxygen atoms in total. The van der Waals surface area contributed by atoms with Crippen molar-refractivity contribution < 1.29 is 0 Å². The Morgan fingerprint density at radius 3 is 2.05 bits per heavy atom. The van der Waals surface area contributed by atoms with Crippen molar-refractivity contribution in [2.24, 2.45) is 11.3 Å². The van der Waals surface area contributed by atoms with E-state index in [0.717, 1.165) is 13.1 Å². The van der Waals surface area contributed by atoms with Gasteiger partial charge in [0.25, 0.3) is 0 Å². The molecular weight excluding hydrogens is 256 g/mol. The summed E-state index contributed by atoms with van der Waals surface area (Å²) in [6.07, 6.45) is 0. The lowest BCUT2D eigenvalue weighted by molar-refractivity contribution is 0.103. The molecule has 1 unspecified atom stereocenters. The fourth-order valence-electron chi connectivity index (χ4n) is 3.20. The molecule has 1 atom stereocenters. The molecule has 0 radical (unpaired) electrons. The second-order valence-corrected chi connectivity index (χ2v) is 7.54. The van der Waals surface area contributed by atoms with E-state index in [9.17, 15) is 0 Å². The molecule has 0 bridgehead atoms. The standard InChI is InChI=1S/C19H34N2/c1-15(2)13-21(16(3)4)14-19(5,6)18(20-7)17-11-9-8-10-12-17/h8-12,15-16,18,20H,13-14H2,1-7H3. The minimum atomic E-state index is 0.176. The number of hydrogen-bond acceptors (Lipinski definition) is 2. The van der Waals surface area contributed by atoms with Gasteiger partial charge in [0.05, 0.1) is 0 Å². The molecule has 0 aliphatic heterocycles. The highest BCUT2D eigenvalue weighted by atomic mass is 15.2. The average Bonchev–Trinajstić information content (AvgIpc) is 2.38. The van der Waals surface area contributed by atoms with Crippen LogP contribution in [0.3, 0.4) is 0 Å². The molecular formula is C19H34N2. The van der Waals surface area contributed by atoms with Gasteiger partial charge in [-0.05, 0) is 37.8 Å². The number of nitrogens with one attached hydrogen (secondary N) is 1. The predicted molar refractivity (Wildman–Crippen MR) is 93.6 cm³/mol. The van der Waals surface area contributed by atoms with Crippen LogP contribution in [0.1, 0.15) is 53.1 Å². The SMILES string of the molecule is CNC(c1ccccc1)C(C)(C)CN(CC(C)C)C(C)C. The molecule has 0 heterocycles. The van der Waals surface area contributed by atoms with E-state index in [2.05, 4.69) is 89.1 Å². The maximum Gasteiger partial charge on any atom is 0.0381 e. The molecule has 0 aromatic heterocycles. The molecule has 1 rings (SSSR count). The van der Waals surface area contributed by atoms with E-state index in [-0.39, 0.29) is 5.41 Å². The van der Waals surface area contributed by atoms with Crippen molar-refractivity contribution in [2.45, 2.75) is 53.6 Å². The minimum Gasteiger partial charge on any atom is -0.313 e. The van der Waals surface area contributed by atoms with Gasteiger partial charge in [0.2, 0.25) is 0 Å². The maximum atomic E-state index is 3.53. The lowest BCUT2D eigenvalue weighted by Crippen LogP contribution is -2.45. The molecule has 120 valence electrons. The number of rotatable bonds is 8. The second kappa shape index (κ2) is 7.95. The van der Waals surface area contributed by atoms with Gasteiger partial charge < -0.3 is 10.2 Å². The third kappa shape index (κ3) is 5.44. The van der Waals surface area contributed by atoms with Crippen LogP contribution < -0.4 is 5.32 Å². The van der Waals surface area contributed by atoms with Crippen LogP contribution in [0.4, 0.5) is 0 Å². The van der Waals surface area contributed by atoms with Crippen molar-refractivity contribution in [3.8, 4) is 0 Å². The first-order chi connectivity index (χ1) is 9.77. The van der Waals surface area contributed by atoms with Crippen LogP contribution in [0.2, 0.25) is 0 Å². The first kappa shape index (κ1) is 18.2. The van der Waals surface area contributed by atoms with Crippen LogP contribution in [0, 0.1) is 11.3 Å². The van der Waals surface area contributed by atoms with Gasteiger partial charge in [-0.25, -0.2) is 0 Å². The zero-order valence-corrected chi connectivity index (χ0v) is 15.0. The van der Waals surface area contributed by atoms with Crippen LogP contribution in [0.5, 0.6) is 0 Å². The smallest absolute Gasteiger partial charge is 0.0381 e. The van der Waals surface area contributed by atoms with E-state index in [1.54, 1.807) is 0 Å². The summed E-state index contributed by atoms with van der Waals surface area (Å²) in [5.74, 6) is 0.702. The molecule has 0 spiro atoms. The zero-order chi connectivity index (χ0) is 16.0. The van der Waals surface area contributed by atoms with E-state index in [1.165, 1.54) is 5.56 Å². The van der Waals surface area contributed by atoms with Gasteiger partial charge in [-0.2, -0.15) is 0 Å². The van der Waals surface area contributed by atoms with E-state index in [1.807, 2.05) is 0 Å². The van der Waals surface area contributed by atoms with E-state index in [4.69, 9.17) is 0 Å². The van der Waals surface area contributed by atoms with Crippen molar-refractivity contribution in [3.05, 3.63) is 35.9 Å². The highest BCUT2D eigenvalue weighted by molar-refractivity contribution is 5.21. The predicted octanol–water partition coefficient (Wildman–Crippen LogP) is 4.34. The van der Waals surface area contributed by atoms with Crippen molar-refractivity contribution in [3.63, 3.8) is 0 Å². The Labute approximate surface area is 131 Å². The van der Waals surface area contributed by atoms with Crippen molar-refractivity contribution in [1.29, 1.82) is 0 Å². The van der Waals surface area contributed by atoms with Crippen LogP contribution in [-0.4, -0.2) is 31.1 Å². The summed E-state index contributed by atoms with van der Waals surface area (Å²) in [6.45, 7) is 16.2. The number of benzene rings is 1. The highest BCUT2D eigenvalue weighted by Crippen LogP contribution is 2.34. The number of nitrogens with zero attached hydrogens (tertiary/aromatic N) is 1. The Morgan fingerprint density at radius 1 is 1.05 bits per heavy atom. The Hall–Kier alpha value is -0.860. The van der Waals surface area contributed by atoms with E-state index < -0.39 is 0 Å². The quantitative estimate of drug-likeness (QED) is 0.766. The summed E-state index contributed by atoms with van der Waals surface area (Å²) < 4.78 is 0. The first-order valence-corrected chi connectivity index (χ1v) is 8.24. The minimum absolute atomic E-state index is 0.176. The van der Waals surface area contributed by atoms with Gasteiger partial charge in [0.15, 0.2) is 0 Å². The van der Waals surface area contributed by atoms with Crippen molar-refractivity contribution in [1.82, 2.24) is 10.2 Å². The van der Waals surface area contributed by atoms with E-state index in [0.29, 0.717) is 18.0 Å². The molecule has 1 aromatic carbocycles. The fraction of sp³-hybridized carbons (Fsp3) is 0.684. The normalized spacial score (nSPS) is 14.2. The van der Waals surface area contributed by atoms with Gasteiger partial charge in [-0.3, -0.25) is 0 Å².